The number of carbonyl (C=O) groups excluding carboxylic acids is 1. The summed E-state index contributed by atoms with van der Waals surface area (Å²) in [7, 11) is 1.57. The van der Waals surface area contributed by atoms with E-state index < -0.39 is 0 Å². The number of nitrogens with zero attached hydrogens (tertiary/aromatic N) is 4. The zero-order chi connectivity index (χ0) is 21.1. The van der Waals surface area contributed by atoms with Gasteiger partial charge in [0.2, 0.25) is 11.1 Å². The number of aromatic nitrogens is 4. The van der Waals surface area contributed by atoms with Gasteiger partial charge in [0.05, 0.1) is 34.2 Å². The van der Waals surface area contributed by atoms with Crippen molar-refractivity contribution in [2.75, 3.05) is 24.0 Å². The summed E-state index contributed by atoms with van der Waals surface area (Å²) in [6.07, 6.45) is 0. The molecule has 0 aliphatic rings. The van der Waals surface area contributed by atoms with Gasteiger partial charge in [0.15, 0.2) is 11.6 Å². The van der Waals surface area contributed by atoms with E-state index in [-0.39, 0.29) is 22.5 Å². The van der Waals surface area contributed by atoms with Crippen LogP contribution in [0.15, 0.2) is 29.4 Å². The molecule has 2 aromatic heterocycles. The Labute approximate surface area is 181 Å². The van der Waals surface area contributed by atoms with Crippen LogP contribution in [0.2, 0.25) is 10.0 Å². The highest BCUT2D eigenvalue weighted by molar-refractivity contribution is 7.99. The van der Waals surface area contributed by atoms with E-state index in [2.05, 4.69) is 20.5 Å². The van der Waals surface area contributed by atoms with Crippen LogP contribution in [0.5, 0.6) is 5.75 Å². The highest BCUT2D eigenvalue weighted by Crippen LogP contribution is 2.31. The van der Waals surface area contributed by atoms with Crippen molar-refractivity contribution in [2.45, 2.75) is 19.0 Å². The molecule has 0 unspecified atom stereocenters. The summed E-state index contributed by atoms with van der Waals surface area (Å²) in [6, 6.07) is 7.21. The monoisotopic (exact) mass is 452 g/mol. The zero-order valence-electron chi connectivity index (χ0n) is 15.9. The number of hydrogen-bond donors (Lipinski definition) is 2. The molecule has 0 radical (unpaired) electrons. The maximum Gasteiger partial charge on any atom is 0.236 e. The standard InChI is InChI=1S/C18H18Cl2N6O2S/c1-9-4-5-14(28-3)11(6-9)17-24-25-18(26(17)21)29-8-15(27)23-16-13(20)7-12(19)10(2)22-16/h4-7H,8,21H2,1-3H3,(H,22,23,27). The minimum Gasteiger partial charge on any atom is -0.496 e. The summed E-state index contributed by atoms with van der Waals surface area (Å²) in [6.45, 7) is 3.68. The number of nitrogens with one attached hydrogen (secondary N) is 1. The van der Waals surface area contributed by atoms with Crippen LogP contribution in [0.25, 0.3) is 11.4 Å². The van der Waals surface area contributed by atoms with E-state index in [4.69, 9.17) is 33.8 Å². The summed E-state index contributed by atoms with van der Waals surface area (Å²) in [5.41, 5.74) is 2.31. The molecule has 0 fully saturated rings. The second kappa shape index (κ2) is 8.89. The summed E-state index contributed by atoms with van der Waals surface area (Å²) in [4.78, 5) is 16.5. The van der Waals surface area contributed by atoms with Crippen molar-refractivity contribution in [2.24, 2.45) is 0 Å². The predicted octanol–water partition coefficient (Wildman–Crippen LogP) is 3.72. The lowest BCUT2D eigenvalue weighted by Gasteiger charge is -2.09. The number of amides is 1. The SMILES string of the molecule is COc1ccc(C)cc1-c1nnc(SCC(=O)Nc2nc(C)c(Cl)cc2Cl)n1N. The number of thioether (sulfide) groups is 1. The topological polar surface area (TPSA) is 108 Å². The first-order valence-electron chi connectivity index (χ1n) is 8.41. The summed E-state index contributed by atoms with van der Waals surface area (Å²) in [5.74, 6) is 7.18. The molecule has 0 saturated carbocycles. The quantitative estimate of drug-likeness (QED) is 0.433. The molecule has 1 aromatic carbocycles. The van der Waals surface area contributed by atoms with Gasteiger partial charge in [-0.2, -0.15) is 0 Å². The van der Waals surface area contributed by atoms with Gasteiger partial charge in [-0.15, -0.1) is 10.2 Å². The van der Waals surface area contributed by atoms with Gasteiger partial charge in [-0.1, -0.05) is 46.6 Å². The van der Waals surface area contributed by atoms with E-state index in [1.165, 1.54) is 10.7 Å². The Hall–Kier alpha value is -2.49. The molecule has 3 rings (SSSR count). The second-order valence-electron chi connectivity index (χ2n) is 6.10. The molecule has 3 aromatic rings. The molecule has 0 aliphatic carbocycles. The number of nitrogens with two attached hydrogens (primary N) is 1. The number of hydrogen-bond acceptors (Lipinski definition) is 7. The molecular formula is C18H18Cl2N6O2S. The number of rotatable bonds is 6. The number of pyridine rings is 1. The molecule has 3 N–H and O–H groups in total. The van der Waals surface area contributed by atoms with Gasteiger partial charge in [-0.3, -0.25) is 4.79 Å². The van der Waals surface area contributed by atoms with Crippen molar-refractivity contribution >= 4 is 46.7 Å². The highest BCUT2D eigenvalue weighted by Gasteiger charge is 2.18. The molecule has 1 amide bonds. The Balaban J connectivity index is 1.72. The smallest absolute Gasteiger partial charge is 0.236 e. The van der Waals surface area contributed by atoms with E-state index >= 15 is 0 Å². The van der Waals surface area contributed by atoms with Gasteiger partial charge in [0.1, 0.15) is 5.75 Å². The number of aryl methyl sites for hydroxylation is 2. The van der Waals surface area contributed by atoms with Crippen molar-refractivity contribution in [3.8, 4) is 17.1 Å². The normalized spacial score (nSPS) is 10.8. The van der Waals surface area contributed by atoms with E-state index in [1.54, 1.807) is 14.0 Å². The van der Waals surface area contributed by atoms with Gasteiger partial charge in [0, 0.05) is 0 Å². The first-order chi connectivity index (χ1) is 13.8. The molecule has 0 atom stereocenters. The van der Waals surface area contributed by atoms with Crippen LogP contribution in [0, 0.1) is 13.8 Å². The lowest BCUT2D eigenvalue weighted by atomic mass is 10.1. The van der Waals surface area contributed by atoms with Gasteiger partial charge in [-0.05, 0) is 32.0 Å². The van der Waals surface area contributed by atoms with Crippen molar-refractivity contribution in [1.29, 1.82) is 0 Å². The average molecular weight is 453 g/mol. The zero-order valence-corrected chi connectivity index (χ0v) is 18.2. The lowest BCUT2D eigenvalue weighted by Crippen LogP contribution is -2.17. The van der Waals surface area contributed by atoms with Gasteiger partial charge in [0.25, 0.3) is 0 Å². The third-order valence-electron chi connectivity index (χ3n) is 3.96. The highest BCUT2D eigenvalue weighted by atomic mass is 35.5. The largest absolute Gasteiger partial charge is 0.496 e. The predicted molar refractivity (Wildman–Crippen MR) is 115 cm³/mol. The van der Waals surface area contributed by atoms with Gasteiger partial charge >= 0.3 is 0 Å². The molecule has 0 spiro atoms. The Morgan fingerprint density at radius 1 is 1.24 bits per heavy atom. The fraction of sp³-hybridized carbons (Fsp3) is 0.222. The maximum absolute atomic E-state index is 12.3. The molecule has 8 nitrogen and oxygen atoms in total. The third-order valence-corrected chi connectivity index (χ3v) is 5.57. The Bertz CT molecular complexity index is 1070. The fourth-order valence-corrected chi connectivity index (χ4v) is 3.56. The second-order valence-corrected chi connectivity index (χ2v) is 7.86. The van der Waals surface area contributed by atoms with Crippen molar-refractivity contribution in [3.05, 3.63) is 45.6 Å². The summed E-state index contributed by atoms with van der Waals surface area (Å²) < 4.78 is 6.70. The molecule has 2 heterocycles. The number of anilines is 1. The van der Waals surface area contributed by atoms with E-state index in [0.29, 0.717) is 33.0 Å². The van der Waals surface area contributed by atoms with Crippen LogP contribution < -0.4 is 15.9 Å². The Morgan fingerprint density at radius 2 is 2.00 bits per heavy atom. The molecule has 11 heteroatoms. The molecule has 0 saturated heterocycles. The van der Waals surface area contributed by atoms with Crippen molar-refractivity contribution in [3.63, 3.8) is 0 Å². The number of halogens is 2. The number of ether oxygens (including phenoxy) is 1. The van der Waals surface area contributed by atoms with Crippen LogP contribution in [-0.2, 0) is 4.79 Å². The number of methoxy groups -OCH3 is 1. The van der Waals surface area contributed by atoms with E-state index in [9.17, 15) is 4.79 Å². The van der Waals surface area contributed by atoms with E-state index in [1.807, 2.05) is 25.1 Å². The number of benzene rings is 1. The fourth-order valence-electron chi connectivity index (χ4n) is 2.50. The van der Waals surface area contributed by atoms with Crippen molar-refractivity contribution in [1.82, 2.24) is 19.9 Å². The molecule has 0 aliphatic heterocycles. The van der Waals surface area contributed by atoms with Gasteiger partial charge in [-0.25, -0.2) is 9.66 Å². The molecule has 0 bridgehead atoms. The first kappa shape index (κ1) is 21.2. The van der Waals surface area contributed by atoms with E-state index in [0.717, 1.165) is 17.3 Å². The molecular weight excluding hydrogens is 435 g/mol. The van der Waals surface area contributed by atoms with Crippen LogP contribution in [0.1, 0.15) is 11.3 Å². The minimum absolute atomic E-state index is 0.0416. The average Bonchev–Trinajstić information content (AvgIpc) is 3.04. The van der Waals surface area contributed by atoms with Gasteiger partial charge < -0.3 is 15.9 Å². The maximum atomic E-state index is 12.3. The third kappa shape index (κ3) is 4.75. The van der Waals surface area contributed by atoms with Crippen LogP contribution in [-0.4, -0.2) is 38.6 Å². The lowest BCUT2D eigenvalue weighted by molar-refractivity contribution is -0.113. The van der Waals surface area contributed by atoms with Crippen LogP contribution in [0.3, 0.4) is 0 Å². The number of nitrogen functional groups attached to an aromatic ring is 1. The van der Waals surface area contributed by atoms with Crippen LogP contribution in [0.4, 0.5) is 5.82 Å². The molecule has 152 valence electrons. The van der Waals surface area contributed by atoms with Crippen molar-refractivity contribution < 1.29 is 9.53 Å². The summed E-state index contributed by atoms with van der Waals surface area (Å²) >= 11 is 13.2. The summed E-state index contributed by atoms with van der Waals surface area (Å²) in [5, 5.41) is 11.9. The molecule has 29 heavy (non-hydrogen) atoms. The minimum atomic E-state index is -0.316. The first-order valence-corrected chi connectivity index (χ1v) is 10.1. The van der Waals surface area contributed by atoms with Crippen LogP contribution >= 0.6 is 35.0 Å². The Kier molecular flexibility index (Phi) is 6.51. The Morgan fingerprint density at radius 3 is 2.72 bits per heavy atom. The number of carbonyl (C=O) groups is 1.